The second-order valence-corrected chi connectivity index (χ2v) is 6.52. The molecule has 1 aromatic heterocycles. The summed E-state index contributed by atoms with van der Waals surface area (Å²) in [6.45, 7) is 2.96. The van der Waals surface area contributed by atoms with Crippen molar-refractivity contribution in [1.29, 1.82) is 0 Å². The van der Waals surface area contributed by atoms with Crippen LogP contribution in [0.5, 0.6) is 5.75 Å². The first kappa shape index (κ1) is 20.0. The average Bonchev–Trinajstić information content (AvgIpc) is 3.11. The highest BCUT2D eigenvalue weighted by molar-refractivity contribution is 5.67. The Kier molecular flexibility index (Phi) is 8.15. The number of ether oxygens (including phenoxy) is 1. The maximum absolute atomic E-state index is 10.7. The second-order valence-electron chi connectivity index (χ2n) is 6.52. The van der Waals surface area contributed by atoms with Crippen molar-refractivity contribution in [1.82, 2.24) is 9.97 Å². The zero-order chi connectivity index (χ0) is 18.8. The van der Waals surface area contributed by atoms with Gasteiger partial charge in [-0.1, -0.05) is 39.0 Å². The van der Waals surface area contributed by atoms with Gasteiger partial charge in [0.1, 0.15) is 11.6 Å². The molecule has 0 aliphatic rings. The summed E-state index contributed by atoms with van der Waals surface area (Å²) in [4.78, 5) is 18.1. The number of aliphatic carboxylic acids is 1. The van der Waals surface area contributed by atoms with Crippen LogP contribution in [-0.2, 0) is 4.79 Å². The molecule has 0 radical (unpaired) electrons. The fraction of sp³-hybridized carbons (Fsp3) is 0.500. The van der Waals surface area contributed by atoms with Gasteiger partial charge in [-0.15, -0.1) is 0 Å². The van der Waals surface area contributed by atoms with E-state index in [4.69, 9.17) is 15.6 Å². The first-order valence-electron chi connectivity index (χ1n) is 9.36. The molecule has 1 heterocycles. The monoisotopic (exact) mass is 359 g/mol. The molecule has 0 spiro atoms. The summed E-state index contributed by atoms with van der Waals surface area (Å²) in [7, 11) is 0. The Hall–Kier alpha value is -2.34. The van der Waals surface area contributed by atoms with Crippen LogP contribution in [0.1, 0.15) is 63.7 Å². The Morgan fingerprint density at radius 3 is 2.58 bits per heavy atom. The van der Waals surface area contributed by atoms with Gasteiger partial charge in [-0.05, 0) is 30.7 Å². The lowest BCUT2D eigenvalue weighted by Gasteiger charge is -2.07. The van der Waals surface area contributed by atoms with Crippen LogP contribution < -0.4 is 10.5 Å². The zero-order valence-electron chi connectivity index (χ0n) is 15.4. The van der Waals surface area contributed by atoms with Gasteiger partial charge in [0.2, 0.25) is 0 Å². The summed E-state index contributed by atoms with van der Waals surface area (Å²) in [5.74, 6) is 0.383. The predicted octanol–water partition coefficient (Wildman–Crippen LogP) is 4.29. The van der Waals surface area contributed by atoms with E-state index in [9.17, 15) is 4.79 Å². The van der Waals surface area contributed by atoms with Crippen LogP contribution in [0, 0.1) is 0 Å². The van der Waals surface area contributed by atoms with Gasteiger partial charge in [0, 0.05) is 11.8 Å². The molecule has 0 amide bonds. The minimum Gasteiger partial charge on any atom is -0.494 e. The number of H-pyrrole nitrogens is 1. The van der Waals surface area contributed by atoms with Crippen molar-refractivity contribution < 1.29 is 14.6 Å². The molecule has 6 heteroatoms. The predicted molar refractivity (Wildman–Crippen MR) is 102 cm³/mol. The molecule has 2 aromatic rings. The molecule has 4 N–H and O–H groups in total. The minimum absolute atomic E-state index is 0.155. The highest BCUT2D eigenvalue weighted by atomic mass is 16.5. The van der Waals surface area contributed by atoms with E-state index in [2.05, 4.69) is 16.9 Å². The Morgan fingerprint density at radius 1 is 1.19 bits per heavy atom. The lowest BCUT2D eigenvalue weighted by atomic mass is 10.1. The molecule has 0 bridgehead atoms. The number of hydrogen-bond acceptors (Lipinski definition) is 4. The molecule has 0 aliphatic carbocycles. The topological polar surface area (TPSA) is 101 Å². The second kappa shape index (κ2) is 10.6. The lowest BCUT2D eigenvalue weighted by Crippen LogP contribution is -2.16. The van der Waals surface area contributed by atoms with Crippen LogP contribution in [0.3, 0.4) is 0 Å². The number of imidazole rings is 1. The van der Waals surface area contributed by atoms with E-state index in [1.54, 1.807) is 6.20 Å². The van der Waals surface area contributed by atoms with Crippen molar-refractivity contribution in [2.24, 2.45) is 5.73 Å². The van der Waals surface area contributed by atoms with Gasteiger partial charge < -0.3 is 20.6 Å². The third kappa shape index (κ3) is 6.52. The van der Waals surface area contributed by atoms with Crippen LogP contribution in [0.15, 0.2) is 30.5 Å². The Balaban J connectivity index is 1.80. The van der Waals surface area contributed by atoms with Crippen molar-refractivity contribution >= 4 is 5.97 Å². The van der Waals surface area contributed by atoms with Crippen LogP contribution in [0.4, 0.5) is 0 Å². The number of benzene rings is 1. The lowest BCUT2D eigenvalue weighted by molar-refractivity contribution is -0.137. The average molecular weight is 359 g/mol. The van der Waals surface area contributed by atoms with E-state index in [1.807, 2.05) is 24.3 Å². The molecule has 0 unspecified atom stereocenters. The van der Waals surface area contributed by atoms with Crippen LogP contribution in [0.2, 0.25) is 0 Å². The number of hydrogen-bond donors (Lipinski definition) is 3. The fourth-order valence-electron chi connectivity index (χ4n) is 2.75. The first-order valence-corrected chi connectivity index (χ1v) is 9.36. The zero-order valence-corrected chi connectivity index (χ0v) is 15.4. The Morgan fingerprint density at radius 2 is 1.88 bits per heavy atom. The maximum atomic E-state index is 10.7. The van der Waals surface area contributed by atoms with Gasteiger partial charge in [-0.25, -0.2) is 4.98 Å². The van der Waals surface area contributed by atoms with E-state index in [-0.39, 0.29) is 6.42 Å². The molecule has 142 valence electrons. The molecule has 0 saturated heterocycles. The number of aromatic amines is 1. The Labute approximate surface area is 154 Å². The van der Waals surface area contributed by atoms with Gasteiger partial charge in [0.05, 0.1) is 24.8 Å². The number of carboxylic acids is 1. The molecule has 0 fully saturated rings. The number of nitrogens with two attached hydrogens (primary N) is 1. The molecular formula is C20H29N3O3. The summed E-state index contributed by atoms with van der Waals surface area (Å²) in [6.07, 6.45) is 9.06. The molecule has 0 aliphatic heterocycles. The summed E-state index contributed by atoms with van der Waals surface area (Å²) >= 11 is 0. The Bertz CT molecular complexity index is 667. The maximum Gasteiger partial charge on any atom is 0.305 e. The van der Waals surface area contributed by atoms with Gasteiger partial charge >= 0.3 is 5.97 Å². The van der Waals surface area contributed by atoms with Gasteiger partial charge in [-0.3, -0.25) is 4.79 Å². The van der Waals surface area contributed by atoms with Gasteiger partial charge in [0.15, 0.2) is 0 Å². The standard InChI is InChI=1S/C20H29N3O3/c1-2-3-4-5-6-7-12-26-16-10-8-15(9-11-16)18-14-22-20(23-18)17(21)13-19(24)25/h8-11,14,17H,2-7,12-13,21H2,1H3,(H,22,23)(H,24,25)/t17-/m0/s1. The van der Waals surface area contributed by atoms with Crippen molar-refractivity contribution in [2.45, 2.75) is 57.9 Å². The molecular weight excluding hydrogens is 330 g/mol. The highest BCUT2D eigenvalue weighted by Gasteiger charge is 2.14. The number of aromatic nitrogens is 2. The van der Waals surface area contributed by atoms with Crippen LogP contribution in [-0.4, -0.2) is 27.7 Å². The quantitative estimate of drug-likeness (QED) is 0.491. The largest absolute Gasteiger partial charge is 0.494 e. The van der Waals surface area contributed by atoms with E-state index in [1.165, 1.54) is 32.1 Å². The minimum atomic E-state index is -0.942. The summed E-state index contributed by atoms with van der Waals surface area (Å²) in [5.41, 5.74) is 7.49. The number of carboxylic acid groups (broad SMARTS) is 1. The van der Waals surface area contributed by atoms with Crippen LogP contribution in [0.25, 0.3) is 11.3 Å². The number of rotatable bonds is 12. The van der Waals surface area contributed by atoms with Crippen molar-refractivity contribution in [3.8, 4) is 17.0 Å². The van der Waals surface area contributed by atoms with E-state index in [0.29, 0.717) is 5.82 Å². The third-order valence-electron chi connectivity index (χ3n) is 4.26. The molecule has 0 saturated carbocycles. The molecule has 1 atom stereocenters. The summed E-state index contributed by atoms with van der Waals surface area (Å²) < 4.78 is 5.78. The van der Waals surface area contributed by atoms with Crippen LogP contribution >= 0.6 is 0 Å². The number of nitrogens with one attached hydrogen (secondary N) is 1. The molecule has 2 rings (SSSR count). The molecule has 1 aromatic carbocycles. The molecule has 6 nitrogen and oxygen atoms in total. The summed E-state index contributed by atoms with van der Waals surface area (Å²) in [5, 5.41) is 8.81. The number of nitrogens with zero attached hydrogens (tertiary/aromatic N) is 1. The fourth-order valence-corrected chi connectivity index (χ4v) is 2.75. The highest BCUT2D eigenvalue weighted by Crippen LogP contribution is 2.22. The smallest absolute Gasteiger partial charge is 0.305 e. The van der Waals surface area contributed by atoms with Crippen molar-refractivity contribution in [2.75, 3.05) is 6.61 Å². The van der Waals surface area contributed by atoms with Gasteiger partial charge in [-0.2, -0.15) is 0 Å². The molecule has 26 heavy (non-hydrogen) atoms. The number of carbonyl (C=O) groups is 1. The van der Waals surface area contributed by atoms with Crippen molar-refractivity contribution in [3.63, 3.8) is 0 Å². The number of unbranched alkanes of at least 4 members (excludes halogenated alkanes) is 5. The van der Waals surface area contributed by atoms with E-state index >= 15 is 0 Å². The summed E-state index contributed by atoms with van der Waals surface area (Å²) in [6, 6.07) is 7.11. The SMILES string of the molecule is CCCCCCCCOc1ccc(-c2c[nH]c([C@@H](N)CC(=O)O)n2)cc1. The normalized spacial score (nSPS) is 12.1. The van der Waals surface area contributed by atoms with E-state index < -0.39 is 12.0 Å². The van der Waals surface area contributed by atoms with Crippen molar-refractivity contribution in [3.05, 3.63) is 36.3 Å². The van der Waals surface area contributed by atoms with Gasteiger partial charge in [0.25, 0.3) is 0 Å². The van der Waals surface area contributed by atoms with E-state index in [0.717, 1.165) is 30.0 Å². The third-order valence-corrected chi connectivity index (χ3v) is 4.26. The first-order chi connectivity index (χ1) is 12.6.